The average Bonchev–Trinajstić information content (AvgIpc) is 2.74. The quantitative estimate of drug-likeness (QED) is 0.686. The smallest absolute Gasteiger partial charge is 0.317 e. The second-order valence-electron chi connectivity index (χ2n) is 7.84. The number of carbonyl (C=O) groups is 1. The first-order chi connectivity index (χ1) is 14.8. The minimum atomic E-state index is -3.40. The first-order valence-corrected chi connectivity index (χ1v) is 12.5. The van der Waals surface area contributed by atoms with E-state index < -0.39 is 10.0 Å². The topological polar surface area (TPSA) is 87.7 Å². The lowest BCUT2D eigenvalue weighted by atomic mass is 9.90. The van der Waals surface area contributed by atoms with Crippen LogP contribution < -0.4 is 14.8 Å². The molecule has 2 unspecified atom stereocenters. The predicted octanol–water partition coefficient (Wildman–Crippen LogP) is 3.02. The summed E-state index contributed by atoms with van der Waals surface area (Å²) in [4.78, 5) is 14.5. The van der Waals surface area contributed by atoms with Gasteiger partial charge in [-0.05, 0) is 43.4 Å². The van der Waals surface area contributed by atoms with Crippen LogP contribution in [0.2, 0.25) is 0 Å². The molecule has 2 aromatic carbocycles. The summed E-state index contributed by atoms with van der Waals surface area (Å²) in [6, 6.07) is 15.2. The van der Waals surface area contributed by atoms with E-state index in [1.54, 1.807) is 12.0 Å². The molecule has 2 amide bonds. The van der Waals surface area contributed by atoms with E-state index in [2.05, 4.69) is 16.1 Å². The highest BCUT2D eigenvalue weighted by Gasteiger charge is 2.35. The minimum absolute atomic E-state index is 0.159. The lowest BCUT2D eigenvalue weighted by Gasteiger charge is -2.41. The van der Waals surface area contributed by atoms with E-state index in [4.69, 9.17) is 4.74 Å². The van der Waals surface area contributed by atoms with Crippen LogP contribution in [0.1, 0.15) is 25.3 Å². The van der Waals surface area contributed by atoms with Gasteiger partial charge < -0.3 is 15.0 Å². The molecule has 3 rings (SSSR count). The van der Waals surface area contributed by atoms with Crippen molar-refractivity contribution in [2.45, 2.75) is 38.3 Å². The van der Waals surface area contributed by atoms with Crippen LogP contribution in [0.25, 0.3) is 11.1 Å². The third-order valence-electron chi connectivity index (χ3n) is 5.52. The van der Waals surface area contributed by atoms with Crippen molar-refractivity contribution >= 4 is 16.1 Å². The zero-order valence-corrected chi connectivity index (χ0v) is 19.1. The normalized spacial score (nSPS) is 19.1. The lowest BCUT2D eigenvalue weighted by molar-refractivity contribution is 0.134. The monoisotopic (exact) mass is 445 g/mol. The molecule has 7 nitrogen and oxygen atoms in total. The molecule has 0 saturated carbocycles. The van der Waals surface area contributed by atoms with Gasteiger partial charge >= 0.3 is 6.03 Å². The van der Waals surface area contributed by atoms with E-state index in [1.807, 2.05) is 49.4 Å². The van der Waals surface area contributed by atoms with Crippen LogP contribution in [0.5, 0.6) is 5.75 Å². The highest BCUT2D eigenvalue weighted by atomic mass is 32.2. The maximum atomic E-state index is 12.7. The fraction of sp³-hybridized carbons (Fsp3) is 0.435. The van der Waals surface area contributed by atoms with Crippen LogP contribution in [-0.4, -0.2) is 57.9 Å². The summed E-state index contributed by atoms with van der Waals surface area (Å²) in [5, 5.41) is 2.86. The standard InChI is InChI=1S/C23H31N3O4S/c1-4-24-23(27)26-14-8-12-20(25-31(3,28)29)21(26)16-17-9-7-10-18(15-17)19-11-5-6-13-22(19)30-2/h5-7,9-11,13,15,20-21,25H,4,8,12,14,16H2,1-3H3,(H,24,27). The van der Waals surface area contributed by atoms with Crippen molar-refractivity contribution < 1.29 is 17.9 Å². The van der Waals surface area contributed by atoms with E-state index in [1.165, 1.54) is 0 Å². The molecule has 168 valence electrons. The Kier molecular flexibility index (Phi) is 7.56. The van der Waals surface area contributed by atoms with Crippen molar-refractivity contribution in [1.29, 1.82) is 0 Å². The molecule has 1 aliphatic rings. The Morgan fingerprint density at radius 3 is 2.68 bits per heavy atom. The number of piperidine rings is 1. The third-order valence-corrected chi connectivity index (χ3v) is 6.25. The van der Waals surface area contributed by atoms with Gasteiger partial charge in [0.2, 0.25) is 10.0 Å². The number of carbonyl (C=O) groups excluding carboxylic acids is 1. The number of urea groups is 1. The average molecular weight is 446 g/mol. The second-order valence-corrected chi connectivity index (χ2v) is 9.62. The first-order valence-electron chi connectivity index (χ1n) is 10.6. The maximum Gasteiger partial charge on any atom is 0.317 e. The van der Waals surface area contributed by atoms with Gasteiger partial charge in [0.05, 0.1) is 19.4 Å². The number of ether oxygens (including phenoxy) is 1. The van der Waals surface area contributed by atoms with Gasteiger partial charge in [-0.25, -0.2) is 17.9 Å². The molecule has 8 heteroatoms. The molecule has 31 heavy (non-hydrogen) atoms. The lowest BCUT2D eigenvalue weighted by Crippen LogP contribution is -2.59. The molecule has 2 aromatic rings. The number of rotatable bonds is 7. The number of para-hydroxylation sites is 1. The number of sulfonamides is 1. The SMILES string of the molecule is CCNC(=O)N1CCCC(NS(C)(=O)=O)C1Cc1cccc(-c2ccccc2OC)c1. The first kappa shape index (κ1) is 23.1. The highest BCUT2D eigenvalue weighted by molar-refractivity contribution is 7.88. The largest absolute Gasteiger partial charge is 0.496 e. The molecule has 2 atom stereocenters. The van der Waals surface area contributed by atoms with Gasteiger partial charge in [0, 0.05) is 24.7 Å². The summed E-state index contributed by atoms with van der Waals surface area (Å²) >= 11 is 0. The molecule has 1 heterocycles. The number of hydrogen-bond donors (Lipinski definition) is 2. The van der Waals surface area contributed by atoms with E-state index in [0.717, 1.165) is 35.1 Å². The Morgan fingerprint density at radius 2 is 1.97 bits per heavy atom. The van der Waals surface area contributed by atoms with Crippen molar-refractivity contribution in [3.63, 3.8) is 0 Å². The number of likely N-dealkylation sites (tertiary alicyclic amines) is 1. The third kappa shape index (κ3) is 5.98. The molecule has 0 bridgehead atoms. The number of methoxy groups -OCH3 is 1. The van der Waals surface area contributed by atoms with Crippen LogP contribution >= 0.6 is 0 Å². The molecule has 1 fully saturated rings. The van der Waals surface area contributed by atoms with Gasteiger partial charge in [0.1, 0.15) is 5.75 Å². The van der Waals surface area contributed by atoms with Crippen molar-refractivity contribution in [2.24, 2.45) is 0 Å². The van der Waals surface area contributed by atoms with Gasteiger partial charge in [-0.1, -0.05) is 42.5 Å². The summed E-state index contributed by atoms with van der Waals surface area (Å²) in [6.45, 7) is 3.00. The van der Waals surface area contributed by atoms with Crippen molar-refractivity contribution in [1.82, 2.24) is 14.9 Å². The number of nitrogens with one attached hydrogen (secondary N) is 2. The summed E-state index contributed by atoms with van der Waals surface area (Å²) in [5.74, 6) is 0.790. The number of benzene rings is 2. The minimum Gasteiger partial charge on any atom is -0.496 e. The number of amides is 2. The molecule has 1 aliphatic heterocycles. The molecule has 0 aromatic heterocycles. The molecule has 2 N–H and O–H groups in total. The van der Waals surface area contributed by atoms with E-state index in [9.17, 15) is 13.2 Å². The summed E-state index contributed by atoms with van der Waals surface area (Å²) in [7, 11) is -1.75. The zero-order chi connectivity index (χ0) is 22.4. The Labute approximate surface area is 184 Å². The van der Waals surface area contributed by atoms with Gasteiger partial charge in [-0.3, -0.25) is 0 Å². The van der Waals surface area contributed by atoms with Gasteiger partial charge in [-0.15, -0.1) is 0 Å². The molecule has 1 saturated heterocycles. The Bertz CT molecular complexity index is 1010. The Morgan fingerprint density at radius 1 is 1.19 bits per heavy atom. The van der Waals surface area contributed by atoms with Crippen LogP contribution in [0.3, 0.4) is 0 Å². The van der Waals surface area contributed by atoms with Crippen LogP contribution in [0.4, 0.5) is 4.79 Å². The van der Waals surface area contributed by atoms with Crippen molar-refractivity contribution in [3.05, 3.63) is 54.1 Å². The van der Waals surface area contributed by atoms with Gasteiger partial charge in [0.15, 0.2) is 0 Å². The van der Waals surface area contributed by atoms with Crippen LogP contribution in [-0.2, 0) is 16.4 Å². The summed E-state index contributed by atoms with van der Waals surface area (Å²) in [6.07, 6.45) is 3.16. The number of hydrogen-bond acceptors (Lipinski definition) is 4. The molecule has 0 aliphatic carbocycles. The van der Waals surface area contributed by atoms with Crippen LogP contribution in [0, 0.1) is 0 Å². The Balaban J connectivity index is 1.92. The van der Waals surface area contributed by atoms with Crippen LogP contribution in [0.15, 0.2) is 48.5 Å². The van der Waals surface area contributed by atoms with Gasteiger partial charge in [0.25, 0.3) is 0 Å². The fourth-order valence-electron chi connectivity index (χ4n) is 4.22. The van der Waals surface area contributed by atoms with Crippen molar-refractivity contribution in [3.8, 4) is 16.9 Å². The molecular weight excluding hydrogens is 414 g/mol. The van der Waals surface area contributed by atoms with E-state index in [-0.39, 0.29) is 18.1 Å². The maximum absolute atomic E-state index is 12.7. The fourth-order valence-corrected chi connectivity index (χ4v) is 5.04. The van der Waals surface area contributed by atoms with E-state index >= 15 is 0 Å². The summed E-state index contributed by atoms with van der Waals surface area (Å²) in [5.41, 5.74) is 3.04. The number of nitrogens with zero attached hydrogens (tertiary/aromatic N) is 1. The van der Waals surface area contributed by atoms with Crippen molar-refractivity contribution in [2.75, 3.05) is 26.5 Å². The highest BCUT2D eigenvalue weighted by Crippen LogP contribution is 2.31. The molecule has 0 radical (unpaired) electrons. The van der Waals surface area contributed by atoms with E-state index in [0.29, 0.717) is 25.9 Å². The zero-order valence-electron chi connectivity index (χ0n) is 18.3. The molecule has 0 spiro atoms. The summed E-state index contributed by atoms with van der Waals surface area (Å²) < 4.78 is 32.2. The second kappa shape index (κ2) is 10.2. The van der Waals surface area contributed by atoms with Gasteiger partial charge in [-0.2, -0.15) is 0 Å². The molecular formula is C23H31N3O4S. The predicted molar refractivity (Wildman–Crippen MR) is 123 cm³/mol. The Hall–Kier alpha value is -2.58.